The van der Waals surface area contributed by atoms with E-state index in [-0.39, 0.29) is 47.9 Å². The SMILES string of the molecule is CC1=C(C(=O)[O-])C(c2cccc([N+](=O)[O-])c2)C(C(=O)OCCNC(=O)SNCCNCC(O)COc2ccccc2C)=C(C)N1. The lowest BCUT2D eigenvalue weighted by Gasteiger charge is -2.32. The van der Waals surface area contributed by atoms with Crippen molar-refractivity contribution in [1.82, 2.24) is 20.7 Å². The van der Waals surface area contributed by atoms with Gasteiger partial charge in [0.25, 0.3) is 10.9 Å². The Balaban J connectivity index is 1.40. The Morgan fingerprint density at radius 2 is 1.78 bits per heavy atom. The summed E-state index contributed by atoms with van der Waals surface area (Å²) in [6, 6.07) is 12.9. The van der Waals surface area contributed by atoms with Crippen LogP contribution in [0.4, 0.5) is 10.5 Å². The minimum Gasteiger partial charge on any atom is -0.545 e. The average Bonchev–Trinajstić information content (AvgIpc) is 2.99. The minimum atomic E-state index is -1.54. The molecule has 3 rings (SSSR count). The van der Waals surface area contributed by atoms with Gasteiger partial charge in [-0.15, -0.1) is 0 Å². The molecule has 0 aromatic heterocycles. The van der Waals surface area contributed by atoms with Crippen LogP contribution in [0.1, 0.15) is 30.9 Å². The van der Waals surface area contributed by atoms with Gasteiger partial charge in [0.1, 0.15) is 25.1 Å². The zero-order valence-electron chi connectivity index (χ0n) is 25.1. The number of ether oxygens (including phenoxy) is 2. The highest BCUT2D eigenvalue weighted by atomic mass is 32.2. The van der Waals surface area contributed by atoms with Crippen LogP contribution in [0.5, 0.6) is 5.75 Å². The van der Waals surface area contributed by atoms with Crippen LogP contribution in [-0.4, -0.2) is 72.7 Å². The molecule has 0 radical (unpaired) electrons. The molecule has 0 bridgehead atoms. The number of aliphatic hydroxyl groups excluding tert-OH is 1. The number of hydrogen-bond acceptors (Lipinski definition) is 13. The summed E-state index contributed by atoms with van der Waals surface area (Å²) in [6.45, 7) is 6.12. The van der Waals surface area contributed by atoms with Gasteiger partial charge < -0.3 is 40.4 Å². The standard InChI is InChI=1S/C30H37N5O9S/c1-18-7-4-5-10-24(18)44-17-23(36)16-31-11-12-33-45-30(40)32-13-14-43-29(39)26-20(3)34-19(2)25(28(37)38)27(26)21-8-6-9-22(15-21)35(41)42/h4-10,15,23,27,31,33-34,36H,11-14,16-17H2,1-3H3,(H,32,40)(H,37,38)/p-1. The molecule has 45 heavy (non-hydrogen) atoms. The van der Waals surface area contributed by atoms with Crippen LogP contribution < -0.4 is 30.5 Å². The highest BCUT2D eigenvalue weighted by Gasteiger charge is 2.35. The number of hydrogen-bond donors (Lipinski definition) is 5. The van der Waals surface area contributed by atoms with Gasteiger partial charge in [0.05, 0.1) is 23.0 Å². The highest BCUT2D eigenvalue weighted by Crippen LogP contribution is 2.39. The van der Waals surface area contributed by atoms with Gasteiger partial charge in [0.15, 0.2) is 0 Å². The first-order valence-corrected chi connectivity index (χ1v) is 14.9. The number of nitro benzene ring substituents is 1. The van der Waals surface area contributed by atoms with E-state index in [4.69, 9.17) is 9.47 Å². The van der Waals surface area contributed by atoms with Crippen molar-refractivity contribution in [3.05, 3.63) is 92.3 Å². The van der Waals surface area contributed by atoms with E-state index < -0.39 is 34.1 Å². The summed E-state index contributed by atoms with van der Waals surface area (Å²) < 4.78 is 13.8. The summed E-state index contributed by atoms with van der Waals surface area (Å²) in [5.41, 5.74) is 1.20. The molecule has 0 saturated carbocycles. The van der Waals surface area contributed by atoms with Crippen LogP contribution in [0.15, 0.2) is 71.1 Å². The number of aliphatic hydroxyl groups is 1. The minimum absolute atomic E-state index is 0.0198. The summed E-state index contributed by atoms with van der Waals surface area (Å²) in [5.74, 6) is -2.84. The number of benzene rings is 2. The quantitative estimate of drug-likeness (QED) is 0.0578. The Bertz CT molecular complexity index is 1460. The fourth-order valence-electron chi connectivity index (χ4n) is 4.59. The Kier molecular flexibility index (Phi) is 13.4. The predicted molar refractivity (Wildman–Crippen MR) is 165 cm³/mol. The number of aryl methyl sites for hydroxylation is 1. The normalized spacial score (nSPS) is 15.2. The molecule has 5 N–H and O–H groups in total. The van der Waals surface area contributed by atoms with E-state index in [0.29, 0.717) is 25.3 Å². The molecule has 1 aliphatic rings. The average molecular weight is 643 g/mol. The van der Waals surface area contributed by atoms with Crippen molar-refractivity contribution in [2.45, 2.75) is 32.8 Å². The summed E-state index contributed by atoms with van der Waals surface area (Å²) in [5, 5.41) is 41.5. The molecule has 14 nitrogen and oxygen atoms in total. The number of carboxylic acids is 1. The number of carbonyl (C=O) groups excluding carboxylic acids is 3. The number of allylic oxidation sites excluding steroid dienone is 2. The van der Waals surface area contributed by atoms with Crippen LogP contribution in [0, 0.1) is 17.0 Å². The number of carboxylic acid groups (broad SMARTS) is 1. The number of aliphatic carboxylic acids is 1. The summed E-state index contributed by atoms with van der Waals surface area (Å²) in [4.78, 5) is 48.0. The zero-order chi connectivity index (χ0) is 32.9. The highest BCUT2D eigenvalue weighted by molar-refractivity contribution is 8.11. The second kappa shape index (κ2) is 17.2. The van der Waals surface area contributed by atoms with E-state index in [1.807, 2.05) is 31.2 Å². The first-order valence-electron chi connectivity index (χ1n) is 14.1. The van der Waals surface area contributed by atoms with E-state index in [1.54, 1.807) is 6.92 Å². The molecule has 15 heteroatoms. The van der Waals surface area contributed by atoms with Crippen molar-refractivity contribution in [3.8, 4) is 5.75 Å². The van der Waals surface area contributed by atoms with E-state index in [1.165, 1.54) is 31.2 Å². The number of dihydropyridines is 1. The molecule has 0 aliphatic carbocycles. The van der Waals surface area contributed by atoms with Crippen LogP contribution in [0.25, 0.3) is 0 Å². The predicted octanol–water partition coefficient (Wildman–Crippen LogP) is 1.41. The summed E-state index contributed by atoms with van der Waals surface area (Å²) >= 11 is 0.816. The molecule has 0 fully saturated rings. The lowest BCUT2D eigenvalue weighted by atomic mass is 9.80. The molecule has 1 amide bonds. The van der Waals surface area contributed by atoms with Crippen molar-refractivity contribution >= 4 is 34.8 Å². The molecule has 2 aromatic carbocycles. The van der Waals surface area contributed by atoms with Gasteiger partial charge >= 0.3 is 5.97 Å². The van der Waals surface area contributed by atoms with Crippen LogP contribution in [0.3, 0.4) is 0 Å². The van der Waals surface area contributed by atoms with E-state index in [9.17, 15) is 34.7 Å². The second-order valence-corrected chi connectivity index (χ2v) is 10.9. The monoisotopic (exact) mass is 642 g/mol. The Hall–Kier alpha value is -4.44. The number of amides is 1. The molecule has 0 spiro atoms. The third-order valence-corrected chi connectivity index (χ3v) is 7.37. The molecule has 242 valence electrons. The van der Waals surface area contributed by atoms with Crippen LogP contribution in [0.2, 0.25) is 0 Å². The maximum absolute atomic E-state index is 13.1. The Morgan fingerprint density at radius 1 is 1.04 bits per heavy atom. The number of nitrogens with one attached hydrogen (secondary N) is 4. The van der Waals surface area contributed by atoms with Crippen molar-refractivity contribution in [2.24, 2.45) is 0 Å². The van der Waals surface area contributed by atoms with Crippen molar-refractivity contribution in [3.63, 3.8) is 0 Å². The smallest absolute Gasteiger partial charge is 0.336 e. The van der Waals surface area contributed by atoms with Crippen LogP contribution >= 0.6 is 11.9 Å². The Labute approximate surface area is 264 Å². The summed E-state index contributed by atoms with van der Waals surface area (Å²) in [7, 11) is 0. The number of nitrogens with zero attached hydrogens (tertiary/aromatic N) is 1. The van der Waals surface area contributed by atoms with E-state index in [0.717, 1.165) is 23.3 Å². The first-order chi connectivity index (χ1) is 21.5. The maximum atomic E-state index is 13.1. The molecule has 2 aromatic rings. The fourth-order valence-corrected chi connectivity index (χ4v) is 5.09. The molecule has 1 heterocycles. The van der Waals surface area contributed by atoms with E-state index >= 15 is 0 Å². The van der Waals surface area contributed by atoms with Gasteiger partial charge in [-0.3, -0.25) is 19.6 Å². The van der Waals surface area contributed by atoms with Crippen molar-refractivity contribution in [1.29, 1.82) is 0 Å². The summed E-state index contributed by atoms with van der Waals surface area (Å²) in [6.07, 6.45) is -0.707. The van der Waals surface area contributed by atoms with Gasteiger partial charge in [-0.05, 0) is 38.0 Å². The third-order valence-electron chi connectivity index (χ3n) is 6.69. The lowest BCUT2D eigenvalue weighted by molar-refractivity contribution is -0.384. The van der Waals surface area contributed by atoms with Gasteiger partial charge in [-0.1, -0.05) is 30.3 Å². The van der Waals surface area contributed by atoms with E-state index in [2.05, 4.69) is 20.7 Å². The van der Waals surface area contributed by atoms with Gasteiger partial charge in [0, 0.05) is 66.6 Å². The molecule has 2 atom stereocenters. The molecular formula is C30H36N5O9S-. The lowest BCUT2D eigenvalue weighted by Crippen LogP contribution is -2.37. The molecule has 2 unspecified atom stereocenters. The van der Waals surface area contributed by atoms with Gasteiger partial charge in [0.2, 0.25) is 0 Å². The number of para-hydroxylation sites is 1. The van der Waals surface area contributed by atoms with Crippen molar-refractivity contribution in [2.75, 3.05) is 39.4 Å². The van der Waals surface area contributed by atoms with Crippen LogP contribution in [-0.2, 0) is 14.3 Å². The largest absolute Gasteiger partial charge is 0.545 e. The topological polar surface area (TPSA) is 204 Å². The third kappa shape index (κ3) is 10.3. The number of rotatable bonds is 16. The maximum Gasteiger partial charge on any atom is 0.336 e. The van der Waals surface area contributed by atoms with Gasteiger partial charge in [-0.2, -0.15) is 0 Å². The first kappa shape index (κ1) is 35.0. The Morgan fingerprint density at radius 3 is 2.49 bits per heavy atom. The number of nitro groups is 1. The van der Waals surface area contributed by atoms with Gasteiger partial charge in [-0.25, -0.2) is 4.79 Å². The number of non-ortho nitro benzene ring substituents is 1. The second-order valence-electron chi connectivity index (χ2n) is 10.1. The molecule has 1 aliphatic heterocycles. The number of esters is 1. The number of carbonyl (C=O) groups is 3. The molecular weight excluding hydrogens is 606 g/mol. The van der Waals surface area contributed by atoms with Crippen molar-refractivity contribution < 1.29 is 39.0 Å². The fraction of sp³-hybridized carbons (Fsp3) is 0.367. The molecule has 0 saturated heterocycles. The zero-order valence-corrected chi connectivity index (χ0v) is 25.9.